The van der Waals surface area contributed by atoms with Crippen molar-refractivity contribution in [1.29, 1.82) is 0 Å². The summed E-state index contributed by atoms with van der Waals surface area (Å²) in [6.45, 7) is 7.66. The normalized spacial score (nSPS) is 24.2. The highest BCUT2D eigenvalue weighted by molar-refractivity contribution is 5.93. The molecule has 0 N–H and O–H groups in total. The molecule has 3 heteroatoms. The lowest BCUT2D eigenvalue weighted by Crippen LogP contribution is -2.52. The fraction of sp³-hybridized carbons (Fsp3) is 0.609. The summed E-state index contributed by atoms with van der Waals surface area (Å²) in [4.78, 5) is 17.4. The van der Waals surface area contributed by atoms with Crippen LogP contribution in [0.5, 0.6) is 0 Å². The van der Waals surface area contributed by atoms with Crippen LogP contribution in [0.2, 0.25) is 0 Å². The van der Waals surface area contributed by atoms with Crippen LogP contribution in [0.3, 0.4) is 0 Å². The van der Waals surface area contributed by atoms with Crippen molar-refractivity contribution in [2.45, 2.75) is 64.8 Å². The molecule has 26 heavy (non-hydrogen) atoms. The summed E-state index contributed by atoms with van der Waals surface area (Å²) in [5, 5.41) is 0. The van der Waals surface area contributed by atoms with E-state index in [9.17, 15) is 4.79 Å². The Labute approximate surface area is 159 Å². The molecule has 0 saturated carbocycles. The lowest BCUT2D eigenvalue weighted by atomic mass is 9.90. The summed E-state index contributed by atoms with van der Waals surface area (Å²) >= 11 is 0. The first kappa shape index (κ1) is 19.2. The molecule has 0 radical (unpaired) electrons. The van der Waals surface area contributed by atoms with Gasteiger partial charge in [0, 0.05) is 37.8 Å². The maximum Gasteiger partial charge on any atom is 0.226 e. The van der Waals surface area contributed by atoms with Crippen LogP contribution in [-0.4, -0.2) is 36.5 Å². The number of rotatable bonds is 6. The molecule has 2 unspecified atom stereocenters. The lowest BCUT2D eigenvalue weighted by molar-refractivity contribution is -0.119. The summed E-state index contributed by atoms with van der Waals surface area (Å²) in [6, 6.07) is 10.5. The number of anilines is 1. The van der Waals surface area contributed by atoms with Crippen molar-refractivity contribution in [1.82, 2.24) is 4.90 Å². The molecule has 1 saturated heterocycles. The molecule has 1 aliphatic carbocycles. The molecule has 0 spiro atoms. The molecule has 1 fully saturated rings. The number of piperidine rings is 1. The molecule has 1 aromatic carbocycles. The van der Waals surface area contributed by atoms with Gasteiger partial charge in [0.2, 0.25) is 5.91 Å². The van der Waals surface area contributed by atoms with E-state index in [1.807, 2.05) is 25.1 Å². The molecular weight excluding hydrogens is 320 g/mol. The Morgan fingerprint density at radius 3 is 2.69 bits per heavy atom. The third-order valence-corrected chi connectivity index (χ3v) is 6.02. The molecule has 0 bridgehead atoms. The second kappa shape index (κ2) is 9.36. The number of nitrogens with zero attached hydrogens (tertiary/aromatic N) is 2. The average Bonchev–Trinajstić information content (AvgIpc) is 2.69. The van der Waals surface area contributed by atoms with Crippen LogP contribution < -0.4 is 4.90 Å². The highest BCUT2D eigenvalue weighted by Crippen LogP contribution is 2.29. The first-order chi connectivity index (χ1) is 12.7. The first-order valence-electron chi connectivity index (χ1n) is 10.5. The number of carbonyl (C=O) groups is 1. The molecule has 2 aliphatic rings. The number of benzene rings is 1. The minimum absolute atomic E-state index is 0.244. The fourth-order valence-corrected chi connectivity index (χ4v) is 4.52. The van der Waals surface area contributed by atoms with Crippen molar-refractivity contribution in [3.8, 4) is 0 Å². The Balaban J connectivity index is 1.61. The van der Waals surface area contributed by atoms with Crippen LogP contribution in [0, 0.1) is 5.92 Å². The zero-order chi connectivity index (χ0) is 18.4. The van der Waals surface area contributed by atoms with Crippen LogP contribution in [0.1, 0.15) is 58.8 Å². The Morgan fingerprint density at radius 1 is 1.23 bits per heavy atom. The van der Waals surface area contributed by atoms with Crippen molar-refractivity contribution in [2.24, 2.45) is 5.92 Å². The fourth-order valence-electron chi connectivity index (χ4n) is 4.52. The van der Waals surface area contributed by atoms with Gasteiger partial charge in [-0.25, -0.2) is 0 Å². The van der Waals surface area contributed by atoms with Gasteiger partial charge in [-0.15, -0.1) is 0 Å². The smallest absolute Gasteiger partial charge is 0.226 e. The van der Waals surface area contributed by atoms with E-state index < -0.39 is 0 Å². The van der Waals surface area contributed by atoms with Gasteiger partial charge in [-0.1, -0.05) is 43.7 Å². The number of allylic oxidation sites excluding steroid dienone is 1. The standard InChI is InChI=1S/C23H34N2O/c1-3-23(26)25(21-12-8-5-9-13-21)22-15-17-24(18-19(22)2)16-14-20-10-6-4-7-11-20/h5,8-10,12-13,19,22H,3-4,6-7,11,14-18H2,1-2H3. The predicted molar refractivity (Wildman–Crippen MR) is 109 cm³/mol. The van der Waals surface area contributed by atoms with E-state index >= 15 is 0 Å². The minimum Gasteiger partial charge on any atom is -0.309 e. The molecule has 3 nitrogen and oxygen atoms in total. The number of carbonyl (C=O) groups excluding carboxylic acids is 1. The predicted octanol–water partition coefficient (Wildman–Crippen LogP) is 5.03. The molecule has 142 valence electrons. The summed E-state index contributed by atoms with van der Waals surface area (Å²) in [6.07, 6.45) is 10.7. The Bertz CT molecular complexity index is 610. The molecule has 1 aliphatic heterocycles. The van der Waals surface area contributed by atoms with Gasteiger partial charge in [-0.05, 0) is 56.6 Å². The van der Waals surface area contributed by atoms with Gasteiger partial charge in [-0.3, -0.25) is 4.79 Å². The molecule has 1 amide bonds. The number of hydrogen-bond acceptors (Lipinski definition) is 2. The Hall–Kier alpha value is -1.61. The molecule has 0 aromatic heterocycles. The Kier molecular flexibility index (Phi) is 6.90. The zero-order valence-corrected chi connectivity index (χ0v) is 16.5. The van der Waals surface area contributed by atoms with Crippen LogP contribution in [-0.2, 0) is 4.79 Å². The summed E-state index contributed by atoms with van der Waals surface area (Å²) in [5.74, 6) is 0.744. The first-order valence-corrected chi connectivity index (χ1v) is 10.5. The number of hydrogen-bond donors (Lipinski definition) is 0. The monoisotopic (exact) mass is 354 g/mol. The van der Waals surface area contributed by atoms with Gasteiger partial charge in [0.15, 0.2) is 0 Å². The maximum absolute atomic E-state index is 12.7. The molecule has 1 heterocycles. The molecule has 2 atom stereocenters. The van der Waals surface area contributed by atoms with Gasteiger partial charge < -0.3 is 9.80 Å². The van der Waals surface area contributed by atoms with Crippen LogP contribution >= 0.6 is 0 Å². The number of likely N-dealkylation sites (tertiary alicyclic amines) is 1. The van der Waals surface area contributed by atoms with Gasteiger partial charge in [0.05, 0.1) is 0 Å². The van der Waals surface area contributed by atoms with Gasteiger partial charge >= 0.3 is 0 Å². The topological polar surface area (TPSA) is 23.6 Å². The van der Waals surface area contributed by atoms with Crippen LogP contribution in [0.25, 0.3) is 0 Å². The summed E-state index contributed by atoms with van der Waals surface area (Å²) in [5.41, 5.74) is 2.72. The van der Waals surface area contributed by atoms with Crippen molar-refractivity contribution in [3.05, 3.63) is 42.0 Å². The minimum atomic E-state index is 0.244. The maximum atomic E-state index is 12.7. The van der Waals surface area contributed by atoms with E-state index in [-0.39, 0.29) is 5.91 Å². The third kappa shape index (κ3) is 4.76. The quantitative estimate of drug-likeness (QED) is 0.669. The summed E-state index contributed by atoms with van der Waals surface area (Å²) in [7, 11) is 0. The highest BCUT2D eigenvalue weighted by atomic mass is 16.2. The van der Waals surface area contributed by atoms with Crippen molar-refractivity contribution in [3.63, 3.8) is 0 Å². The Morgan fingerprint density at radius 2 is 2.04 bits per heavy atom. The molecule has 3 rings (SSSR count). The van der Waals surface area contributed by atoms with Crippen molar-refractivity contribution < 1.29 is 4.79 Å². The average molecular weight is 355 g/mol. The largest absolute Gasteiger partial charge is 0.309 e. The van der Waals surface area contributed by atoms with E-state index in [0.29, 0.717) is 18.4 Å². The van der Waals surface area contributed by atoms with E-state index in [0.717, 1.165) is 25.2 Å². The zero-order valence-electron chi connectivity index (χ0n) is 16.5. The van der Waals surface area contributed by atoms with E-state index in [2.05, 4.69) is 34.9 Å². The van der Waals surface area contributed by atoms with E-state index in [1.165, 1.54) is 38.6 Å². The van der Waals surface area contributed by atoms with E-state index in [1.54, 1.807) is 5.57 Å². The molecule has 1 aromatic rings. The molecular formula is C23H34N2O. The van der Waals surface area contributed by atoms with Crippen LogP contribution in [0.4, 0.5) is 5.69 Å². The second-order valence-electron chi connectivity index (χ2n) is 7.94. The van der Waals surface area contributed by atoms with E-state index in [4.69, 9.17) is 0 Å². The van der Waals surface area contributed by atoms with Crippen molar-refractivity contribution >= 4 is 11.6 Å². The number of para-hydroxylation sites is 1. The number of amides is 1. The van der Waals surface area contributed by atoms with Gasteiger partial charge in [-0.2, -0.15) is 0 Å². The lowest BCUT2D eigenvalue weighted by Gasteiger charge is -2.43. The second-order valence-corrected chi connectivity index (χ2v) is 7.94. The third-order valence-electron chi connectivity index (χ3n) is 6.02. The summed E-state index contributed by atoms with van der Waals surface area (Å²) < 4.78 is 0. The highest BCUT2D eigenvalue weighted by Gasteiger charge is 2.33. The van der Waals surface area contributed by atoms with Crippen LogP contribution in [0.15, 0.2) is 42.0 Å². The van der Waals surface area contributed by atoms with Gasteiger partial charge in [0.1, 0.15) is 0 Å². The SMILES string of the molecule is CCC(=O)N(c1ccccc1)C1CCN(CCC2=CCCCC2)CC1C. The van der Waals surface area contributed by atoms with Crippen molar-refractivity contribution in [2.75, 3.05) is 24.5 Å². The van der Waals surface area contributed by atoms with Gasteiger partial charge in [0.25, 0.3) is 0 Å².